The van der Waals surface area contributed by atoms with E-state index in [0.717, 1.165) is 5.69 Å². The number of nitrogens with zero attached hydrogens (tertiary/aromatic N) is 4. The van der Waals surface area contributed by atoms with Crippen molar-refractivity contribution in [2.24, 2.45) is 5.92 Å². The Morgan fingerprint density at radius 3 is 2.28 bits per heavy atom. The van der Waals surface area contributed by atoms with Crippen LogP contribution in [-0.2, 0) is 9.47 Å². The summed E-state index contributed by atoms with van der Waals surface area (Å²) in [6.07, 6.45) is -0.983. The molecule has 3 rings (SSSR count). The third-order valence-electron chi connectivity index (χ3n) is 5.27. The van der Waals surface area contributed by atoms with E-state index in [-0.39, 0.29) is 11.8 Å². The first-order valence-electron chi connectivity index (χ1n) is 10.8. The van der Waals surface area contributed by atoms with Crippen molar-refractivity contribution in [1.29, 1.82) is 0 Å². The van der Waals surface area contributed by atoms with Crippen LogP contribution in [0, 0.1) is 5.92 Å². The minimum atomic E-state index is -0.975. The summed E-state index contributed by atoms with van der Waals surface area (Å²) in [7, 11) is 3.88. The molecule has 2 aromatic rings. The second-order valence-corrected chi connectivity index (χ2v) is 10.1. The molecule has 0 unspecified atom stereocenters. The molecule has 0 radical (unpaired) electrons. The number of aromatic nitrogens is 2. The Labute approximate surface area is 188 Å². The summed E-state index contributed by atoms with van der Waals surface area (Å²) in [6, 6.07) is 6.66. The molecule has 0 saturated carbocycles. The van der Waals surface area contributed by atoms with E-state index >= 15 is 0 Å². The van der Waals surface area contributed by atoms with Crippen molar-refractivity contribution >= 4 is 11.8 Å². The van der Waals surface area contributed by atoms with Gasteiger partial charge in [0, 0.05) is 19.8 Å². The fraction of sp³-hybridized carbons (Fsp3) is 0.609. The minimum absolute atomic E-state index is 0.0292. The zero-order valence-corrected chi connectivity index (χ0v) is 20.4. The third kappa shape index (κ3) is 4.67. The van der Waals surface area contributed by atoms with Gasteiger partial charge in [0.05, 0.1) is 11.8 Å². The molecule has 32 heavy (non-hydrogen) atoms. The molecule has 1 aromatic carbocycles. The molecule has 2 heterocycles. The Hall–Kier alpha value is -2.81. The Morgan fingerprint density at radius 1 is 1.19 bits per heavy atom. The van der Waals surface area contributed by atoms with Crippen LogP contribution in [0.4, 0.5) is 10.5 Å². The first-order chi connectivity index (χ1) is 14.7. The molecule has 0 aliphatic carbocycles. The van der Waals surface area contributed by atoms with Gasteiger partial charge in [0.15, 0.2) is 0 Å². The van der Waals surface area contributed by atoms with Crippen LogP contribution in [0.2, 0.25) is 0 Å². The van der Waals surface area contributed by atoms with Crippen molar-refractivity contribution in [1.82, 2.24) is 14.7 Å². The second kappa shape index (κ2) is 8.27. The Balaban J connectivity index is 2.05. The van der Waals surface area contributed by atoms with Gasteiger partial charge in [0.1, 0.15) is 17.4 Å². The lowest BCUT2D eigenvalue weighted by Crippen LogP contribution is -2.47. The summed E-state index contributed by atoms with van der Waals surface area (Å²) in [4.78, 5) is 29.3. The highest BCUT2D eigenvalue weighted by Gasteiger charge is 2.55. The fourth-order valence-electron chi connectivity index (χ4n) is 3.80. The van der Waals surface area contributed by atoms with Crippen molar-refractivity contribution < 1.29 is 18.7 Å². The van der Waals surface area contributed by atoms with Crippen LogP contribution in [0.3, 0.4) is 0 Å². The highest BCUT2D eigenvalue weighted by molar-refractivity contribution is 5.70. The Kier molecular flexibility index (Phi) is 6.16. The molecular formula is C23H34N4O5. The molecular weight excluding hydrogens is 412 g/mol. The Morgan fingerprint density at radius 2 is 1.78 bits per heavy atom. The van der Waals surface area contributed by atoms with E-state index in [0.29, 0.717) is 5.69 Å². The summed E-state index contributed by atoms with van der Waals surface area (Å²) in [5.74, 6) is -0.489. The third-order valence-corrected chi connectivity index (χ3v) is 5.27. The predicted molar refractivity (Wildman–Crippen MR) is 121 cm³/mol. The molecule has 0 bridgehead atoms. The van der Waals surface area contributed by atoms with E-state index in [2.05, 4.69) is 5.10 Å². The highest BCUT2D eigenvalue weighted by Crippen LogP contribution is 2.44. The number of amides is 1. The molecule has 1 fully saturated rings. The normalized spacial score (nSPS) is 20.6. The largest absolute Gasteiger partial charge is 0.444 e. The quantitative estimate of drug-likeness (QED) is 0.702. The highest BCUT2D eigenvalue weighted by atomic mass is 16.6. The topological polar surface area (TPSA) is 90.0 Å². The van der Waals surface area contributed by atoms with Crippen LogP contribution >= 0.6 is 0 Å². The minimum Gasteiger partial charge on any atom is -0.444 e. The molecule has 0 N–H and O–H groups in total. The molecule has 2 atom stereocenters. The van der Waals surface area contributed by atoms with Crippen LogP contribution in [0.15, 0.2) is 33.5 Å². The maximum atomic E-state index is 13.2. The van der Waals surface area contributed by atoms with Crippen molar-refractivity contribution in [2.75, 3.05) is 19.0 Å². The van der Waals surface area contributed by atoms with E-state index < -0.39 is 35.3 Å². The molecule has 1 aliphatic heterocycles. The zero-order chi connectivity index (χ0) is 24.0. The number of rotatable bonds is 4. The SMILES string of the molecule is CC(C)[C@H]1OC(C)(C)N(C(=O)OC(C)(C)C)[C@@H]1c1nn(-c2ccc(N(C)C)cc2)c(=O)o1. The molecule has 9 nitrogen and oxygen atoms in total. The number of anilines is 1. The van der Waals surface area contributed by atoms with Crippen molar-refractivity contribution in [3.63, 3.8) is 0 Å². The number of benzene rings is 1. The summed E-state index contributed by atoms with van der Waals surface area (Å²) in [5, 5.41) is 4.46. The lowest BCUT2D eigenvalue weighted by atomic mass is 9.99. The monoisotopic (exact) mass is 446 g/mol. The van der Waals surface area contributed by atoms with Crippen LogP contribution in [0.5, 0.6) is 0 Å². The molecule has 1 aliphatic rings. The average Bonchev–Trinajstić information content (AvgIpc) is 3.17. The maximum absolute atomic E-state index is 13.2. The standard InChI is InChI=1S/C23H34N4O5/c1-14(2)18-17(26(23(6,7)31-18)20(28)32-22(3,4)5)19-24-27(21(29)30-19)16-12-10-15(11-13-16)25(8)9/h10-14,17-18H,1-9H3/t17-,18+/m0/s1. The van der Waals surface area contributed by atoms with E-state index in [4.69, 9.17) is 13.9 Å². The number of carbonyl (C=O) groups is 1. The van der Waals surface area contributed by atoms with Gasteiger partial charge in [-0.05, 0) is 64.8 Å². The smallest absolute Gasteiger partial charge is 0.442 e. The van der Waals surface area contributed by atoms with E-state index in [1.54, 1.807) is 46.8 Å². The van der Waals surface area contributed by atoms with Gasteiger partial charge in [-0.1, -0.05) is 13.8 Å². The van der Waals surface area contributed by atoms with Gasteiger partial charge in [0.25, 0.3) is 0 Å². The molecule has 1 aromatic heterocycles. The molecule has 1 saturated heterocycles. The van der Waals surface area contributed by atoms with Crippen molar-refractivity contribution in [3.05, 3.63) is 40.7 Å². The van der Waals surface area contributed by atoms with Crippen LogP contribution in [0.25, 0.3) is 5.69 Å². The molecule has 176 valence electrons. The average molecular weight is 447 g/mol. The lowest BCUT2D eigenvalue weighted by molar-refractivity contribution is -0.0864. The van der Waals surface area contributed by atoms with Gasteiger partial charge < -0.3 is 18.8 Å². The van der Waals surface area contributed by atoms with Gasteiger partial charge in [-0.3, -0.25) is 4.90 Å². The van der Waals surface area contributed by atoms with E-state index in [1.165, 1.54) is 9.58 Å². The maximum Gasteiger partial charge on any atom is 0.442 e. The fourth-order valence-corrected chi connectivity index (χ4v) is 3.80. The number of ether oxygens (including phenoxy) is 2. The van der Waals surface area contributed by atoms with Crippen molar-refractivity contribution in [2.45, 2.75) is 71.9 Å². The summed E-state index contributed by atoms with van der Waals surface area (Å²) in [6.45, 7) is 13.0. The summed E-state index contributed by atoms with van der Waals surface area (Å²) < 4.78 is 18.6. The summed E-state index contributed by atoms with van der Waals surface area (Å²) >= 11 is 0. The number of carbonyl (C=O) groups excluding carboxylic acids is 1. The van der Waals surface area contributed by atoms with Crippen LogP contribution in [0.1, 0.15) is 60.4 Å². The zero-order valence-electron chi connectivity index (χ0n) is 20.4. The van der Waals surface area contributed by atoms with Crippen molar-refractivity contribution in [3.8, 4) is 5.69 Å². The lowest BCUT2D eigenvalue weighted by Gasteiger charge is -2.34. The Bertz CT molecular complexity index is 1010. The molecule has 9 heteroatoms. The van der Waals surface area contributed by atoms with Gasteiger partial charge in [-0.15, -0.1) is 5.10 Å². The van der Waals surface area contributed by atoms with E-state index in [1.807, 2.05) is 45.0 Å². The predicted octanol–water partition coefficient (Wildman–Crippen LogP) is 3.96. The first-order valence-corrected chi connectivity index (χ1v) is 10.8. The van der Waals surface area contributed by atoms with Crippen LogP contribution < -0.4 is 10.7 Å². The van der Waals surface area contributed by atoms with Gasteiger partial charge in [-0.2, -0.15) is 4.68 Å². The number of hydrogen-bond acceptors (Lipinski definition) is 7. The van der Waals surface area contributed by atoms with Gasteiger partial charge >= 0.3 is 11.8 Å². The van der Waals surface area contributed by atoms with E-state index in [9.17, 15) is 9.59 Å². The molecule has 0 spiro atoms. The van der Waals surface area contributed by atoms with Crippen LogP contribution in [-0.4, -0.2) is 52.3 Å². The molecule has 1 amide bonds. The summed E-state index contributed by atoms with van der Waals surface area (Å²) in [5.41, 5.74) is -0.106. The number of hydrogen-bond donors (Lipinski definition) is 0. The first kappa shape index (κ1) is 23.8. The second-order valence-electron chi connectivity index (χ2n) is 10.1. The van der Waals surface area contributed by atoms with Gasteiger partial charge in [0.2, 0.25) is 5.89 Å². The van der Waals surface area contributed by atoms with Gasteiger partial charge in [-0.25, -0.2) is 9.59 Å².